The van der Waals surface area contributed by atoms with Crippen LogP contribution in [0.3, 0.4) is 0 Å². The second kappa shape index (κ2) is 7.21. The van der Waals surface area contributed by atoms with Crippen molar-refractivity contribution >= 4 is 0 Å². The smallest absolute Gasteiger partial charge is 0.114 e. The molecule has 1 unspecified atom stereocenters. The molecule has 20 heavy (non-hydrogen) atoms. The fraction of sp³-hybridized carbons (Fsp3) is 0.647. The lowest BCUT2D eigenvalue weighted by Gasteiger charge is -2.38. The molecule has 2 rings (SSSR count). The molecule has 0 spiro atoms. The van der Waals surface area contributed by atoms with E-state index in [1.54, 1.807) is 0 Å². The second-order valence-corrected chi connectivity index (χ2v) is 6.11. The van der Waals surface area contributed by atoms with Gasteiger partial charge in [0, 0.05) is 13.1 Å². The lowest BCUT2D eigenvalue weighted by molar-refractivity contribution is -0.00286. The van der Waals surface area contributed by atoms with Gasteiger partial charge in [0.05, 0.1) is 0 Å². The molecular weight excluding hydrogens is 248 g/mol. The molecular formula is C17H28N2O. The van der Waals surface area contributed by atoms with Crippen LogP contribution in [-0.2, 0) is 5.60 Å². The zero-order valence-corrected chi connectivity index (χ0v) is 12.6. The lowest BCUT2D eigenvalue weighted by Crippen LogP contribution is -2.48. The van der Waals surface area contributed by atoms with Crippen molar-refractivity contribution in [1.29, 1.82) is 0 Å². The highest BCUT2D eigenvalue weighted by atomic mass is 16.3. The minimum absolute atomic E-state index is 0.270. The summed E-state index contributed by atoms with van der Waals surface area (Å²) in [5.41, 5.74) is 5.87. The summed E-state index contributed by atoms with van der Waals surface area (Å²) in [6.07, 6.45) is 5.13. The number of rotatable bonds is 6. The van der Waals surface area contributed by atoms with Gasteiger partial charge in [-0.2, -0.15) is 0 Å². The van der Waals surface area contributed by atoms with Crippen molar-refractivity contribution in [3.05, 3.63) is 35.9 Å². The zero-order chi connectivity index (χ0) is 14.4. The Morgan fingerprint density at radius 2 is 1.90 bits per heavy atom. The third-order valence-corrected chi connectivity index (χ3v) is 4.54. The van der Waals surface area contributed by atoms with Gasteiger partial charge < -0.3 is 15.7 Å². The van der Waals surface area contributed by atoms with E-state index in [0.29, 0.717) is 6.54 Å². The summed E-state index contributed by atoms with van der Waals surface area (Å²) >= 11 is 0. The molecule has 3 heteroatoms. The van der Waals surface area contributed by atoms with E-state index in [9.17, 15) is 5.11 Å². The molecule has 1 fully saturated rings. The molecule has 0 saturated carbocycles. The monoisotopic (exact) mass is 276 g/mol. The van der Waals surface area contributed by atoms with E-state index in [1.165, 1.54) is 25.7 Å². The van der Waals surface area contributed by atoms with Gasteiger partial charge in [0.1, 0.15) is 5.60 Å². The molecule has 0 radical (unpaired) electrons. The van der Waals surface area contributed by atoms with Gasteiger partial charge in [-0.3, -0.25) is 0 Å². The average Bonchev–Trinajstić information content (AvgIpc) is 2.50. The van der Waals surface area contributed by atoms with Gasteiger partial charge in [0.2, 0.25) is 0 Å². The molecule has 0 aliphatic carbocycles. The van der Waals surface area contributed by atoms with Gasteiger partial charge in [-0.05, 0) is 37.4 Å². The maximum Gasteiger partial charge on any atom is 0.114 e. The van der Waals surface area contributed by atoms with Crippen LogP contribution in [0.2, 0.25) is 0 Å². The van der Waals surface area contributed by atoms with Crippen molar-refractivity contribution in [1.82, 2.24) is 4.90 Å². The van der Waals surface area contributed by atoms with Crippen molar-refractivity contribution in [3.63, 3.8) is 0 Å². The van der Waals surface area contributed by atoms with E-state index in [-0.39, 0.29) is 6.54 Å². The second-order valence-electron chi connectivity index (χ2n) is 6.11. The van der Waals surface area contributed by atoms with Gasteiger partial charge in [0.25, 0.3) is 0 Å². The maximum atomic E-state index is 10.8. The first-order chi connectivity index (χ1) is 9.68. The van der Waals surface area contributed by atoms with Crippen molar-refractivity contribution in [2.45, 2.75) is 38.2 Å². The number of nitrogens with two attached hydrogens (primary N) is 1. The van der Waals surface area contributed by atoms with Gasteiger partial charge in [-0.25, -0.2) is 0 Å². The first-order valence-corrected chi connectivity index (χ1v) is 7.88. The normalized spacial score (nSPS) is 20.8. The summed E-state index contributed by atoms with van der Waals surface area (Å²) in [6.45, 7) is 5.34. The summed E-state index contributed by atoms with van der Waals surface area (Å²) in [4.78, 5) is 2.37. The predicted molar refractivity (Wildman–Crippen MR) is 83.5 cm³/mol. The van der Waals surface area contributed by atoms with Gasteiger partial charge in [-0.15, -0.1) is 0 Å². The molecule has 1 saturated heterocycles. The first-order valence-electron chi connectivity index (χ1n) is 7.88. The molecule has 3 N–H and O–H groups in total. The third-order valence-electron chi connectivity index (χ3n) is 4.54. The van der Waals surface area contributed by atoms with Crippen LogP contribution in [-0.4, -0.2) is 36.2 Å². The standard InChI is InChI=1S/C17H28N2O/c1-2-6-15-9-11-19(12-10-15)14-17(20,13-18)16-7-4-3-5-8-16/h3-5,7-8,15,20H,2,6,9-14,18H2,1H3. The summed E-state index contributed by atoms with van der Waals surface area (Å²) in [7, 11) is 0. The topological polar surface area (TPSA) is 49.5 Å². The van der Waals surface area contributed by atoms with Crippen LogP contribution in [0.1, 0.15) is 38.2 Å². The minimum atomic E-state index is -0.918. The number of piperidine rings is 1. The zero-order valence-electron chi connectivity index (χ0n) is 12.6. The Labute approximate surface area is 122 Å². The van der Waals surface area contributed by atoms with Crippen LogP contribution in [0.15, 0.2) is 30.3 Å². The van der Waals surface area contributed by atoms with Crippen LogP contribution in [0.5, 0.6) is 0 Å². The highest BCUT2D eigenvalue weighted by molar-refractivity contribution is 5.23. The van der Waals surface area contributed by atoms with Crippen LogP contribution in [0, 0.1) is 5.92 Å². The molecule has 1 heterocycles. The van der Waals surface area contributed by atoms with E-state index in [2.05, 4.69) is 11.8 Å². The molecule has 1 aromatic rings. The third kappa shape index (κ3) is 3.81. The van der Waals surface area contributed by atoms with Crippen molar-refractivity contribution in [2.24, 2.45) is 11.7 Å². The van der Waals surface area contributed by atoms with Crippen molar-refractivity contribution in [3.8, 4) is 0 Å². The molecule has 1 atom stereocenters. The molecule has 1 aromatic carbocycles. The number of hydrogen-bond acceptors (Lipinski definition) is 3. The Balaban J connectivity index is 1.94. The largest absolute Gasteiger partial charge is 0.382 e. The quantitative estimate of drug-likeness (QED) is 0.838. The highest BCUT2D eigenvalue weighted by Gasteiger charge is 2.31. The van der Waals surface area contributed by atoms with Crippen LogP contribution in [0.25, 0.3) is 0 Å². The van der Waals surface area contributed by atoms with E-state index in [0.717, 1.165) is 24.6 Å². The van der Waals surface area contributed by atoms with Crippen LogP contribution >= 0.6 is 0 Å². The van der Waals surface area contributed by atoms with E-state index in [4.69, 9.17) is 5.73 Å². The molecule has 1 aliphatic rings. The summed E-state index contributed by atoms with van der Waals surface area (Å²) in [6, 6.07) is 9.83. The van der Waals surface area contributed by atoms with Crippen LogP contribution < -0.4 is 5.73 Å². The fourth-order valence-electron chi connectivity index (χ4n) is 3.23. The molecule has 0 bridgehead atoms. The molecule has 1 aliphatic heterocycles. The molecule has 3 nitrogen and oxygen atoms in total. The Bertz CT molecular complexity index is 387. The summed E-state index contributed by atoms with van der Waals surface area (Å²) in [5.74, 6) is 0.874. The van der Waals surface area contributed by atoms with E-state index in [1.807, 2.05) is 30.3 Å². The maximum absolute atomic E-state index is 10.8. The van der Waals surface area contributed by atoms with Gasteiger partial charge in [0.15, 0.2) is 0 Å². The van der Waals surface area contributed by atoms with Gasteiger partial charge >= 0.3 is 0 Å². The number of benzene rings is 1. The molecule has 0 amide bonds. The summed E-state index contributed by atoms with van der Waals surface area (Å²) in [5, 5.41) is 10.8. The SMILES string of the molecule is CCCC1CCN(CC(O)(CN)c2ccccc2)CC1. The predicted octanol–water partition coefficient (Wildman–Crippen LogP) is 2.34. The number of β-amino-alcohol motifs (C(OH)–C–C–N with tert-alkyl or cyclic N) is 1. The Morgan fingerprint density at radius 3 is 2.45 bits per heavy atom. The van der Waals surface area contributed by atoms with E-state index < -0.39 is 5.60 Å². The Kier molecular flexibility index (Phi) is 5.58. The Hall–Kier alpha value is -0.900. The average molecular weight is 276 g/mol. The lowest BCUT2D eigenvalue weighted by atomic mass is 9.89. The fourth-order valence-corrected chi connectivity index (χ4v) is 3.23. The number of aliphatic hydroxyl groups is 1. The highest BCUT2D eigenvalue weighted by Crippen LogP contribution is 2.26. The minimum Gasteiger partial charge on any atom is -0.382 e. The number of likely N-dealkylation sites (tertiary alicyclic amines) is 1. The van der Waals surface area contributed by atoms with Crippen LogP contribution in [0.4, 0.5) is 0 Å². The van der Waals surface area contributed by atoms with Gasteiger partial charge in [-0.1, -0.05) is 50.1 Å². The first kappa shape index (κ1) is 15.5. The number of nitrogens with zero attached hydrogens (tertiary/aromatic N) is 1. The van der Waals surface area contributed by atoms with Crippen molar-refractivity contribution < 1.29 is 5.11 Å². The Morgan fingerprint density at radius 1 is 1.25 bits per heavy atom. The summed E-state index contributed by atoms with van der Waals surface area (Å²) < 4.78 is 0. The van der Waals surface area contributed by atoms with Crippen molar-refractivity contribution in [2.75, 3.05) is 26.2 Å². The van der Waals surface area contributed by atoms with E-state index >= 15 is 0 Å². The number of hydrogen-bond donors (Lipinski definition) is 2. The molecule has 112 valence electrons. The molecule has 0 aromatic heterocycles.